The Morgan fingerprint density at radius 3 is 2.35 bits per heavy atom. The van der Waals surface area contributed by atoms with E-state index in [1.807, 2.05) is 12.1 Å². The third-order valence-electron chi connectivity index (χ3n) is 5.25. The van der Waals surface area contributed by atoms with Gasteiger partial charge in [0.05, 0.1) is 17.2 Å². The number of hydrogen-bond acceptors (Lipinski definition) is 7. The highest BCUT2D eigenvalue weighted by atomic mass is 32.2. The normalized spacial score (nSPS) is 15.5. The van der Waals surface area contributed by atoms with Crippen LogP contribution in [0.2, 0.25) is 0 Å². The second-order valence-corrected chi connectivity index (χ2v) is 8.44. The number of anilines is 2. The van der Waals surface area contributed by atoms with Gasteiger partial charge in [0.1, 0.15) is 0 Å². The first-order valence-electron chi connectivity index (χ1n) is 11.1. The Labute approximate surface area is 203 Å². The van der Waals surface area contributed by atoms with E-state index in [0.717, 1.165) is 35.4 Å². The van der Waals surface area contributed by atoms with Crippen LogP contribution in [-0.2, 0) is 9.59 Å². The molecule has 1 N–H and O–H groups in total. The molecule has 2 aromatic rings. The zero-order valence-corrected chi connectivity index (χ0v) is 20.4. The van der Waals surface area contributed by atoms with Gasteiger partial charge in [-0.2, -0.15) is 0 Å². The fourth-order valence-electron chi connectivity index (χ4n) is 3.46. The summed E-state index contributed by atoms with van der Waals surface area (Å²) < 4.78 is 11.0. The molecule has 0 aromatic heterocycles. The Balaban J connectivity index is 1.84. The van der Waals surface area contributed by atoms with Crippen LogP contribution >= 0.6 is 11.8 Å². The maximum absolute atomic E-state index is 13.0. The summed E-state index contributed by atoms with van der Waals surface area (Å²) in [5, 5.41) is 8.73. The van der Waals surface area contributed by atoms with Crippen molar-refractivity contribution in [1.82, 2.24) is 0 Å². The van der Waals surface area contributed by atoms with E-state index in [1.54, 1.807) is 43.3 Å². The second kappa shape index (κ2) is 11.1. The summed E-state index contributed by atoms with van der Waals surface area (Å²) in [4.78, 5) is 40.4. The van der Waals surface area contributed by atoms with Crippen molar-refractivity contribution in [3.8, 4) is 11.5 Å². The molecular weight excluding hydrogens is 456 g/mol. The molecule has 0 spiro atoms. The number of benzene rings is 2. The molecule has 0 aliphatic carbocycles. The van der Waals surface area contributed by atoms with Gasteiger partial charge in [0.2, 0.25) is 0 Å². The van der Waals surface area contributed by atoms with Gasteiger partial charge in [-0.3, -0.25) is 9.59 Å². The van der Waals surface area contributed by atoms with Crippen LogP contribution in [0.1, 0.15) is 33.3 Å². The lowest BCUT2D eigenvalue weighted by Crippen LogP contribution is -2.28. The quantitative estimate of drug-likeness (QED) is 0.470. The summed E-state index contributed by atoms with van der Waals surface area (Å²) in [6.07, 6.45) is 0.567. The van der Waals surface area contributed by atoms with E-state index in [1.165, 1.54) is 6.92 Å². The summed E-state index contributed by atoms with van der Waals surface area (Å²) >= 11 is 0.867. The smallest absolute Gasteiger partial charge is 0.344 e. The van der Waals surface area contributed by atoms with Crippen LogP contribution in [0.15, 0.2) is 47.4 Å². The first-order valence-corrected chi connectivity index (χ1v) is 11.9. The summed E-state index contributed by atoms with van der Waals surface area (Å²) in [5.74, 6) is -0.848. The van der Waals surface area contributed by atoms with Gasteiger partial charge < -0.3 is 19.5 Å². The van der Waals surface area contributed by atoms with Crippen LogP contribution in [0.25, 0.3) is 6.08 Å². The number of rotatable bonds is 10. The molecule has 0 radical (unpaired) electrons. The largest absolute Gasteiger partial charge is 0.490 e. The number of imide groups is 1. The molecule has 1 aliphatic rings. The minimum Gasteiger partial charge on any atom is -0.490 e. The molecule has 1 heterocycles. The molecule has 1 saturated heterocycles. The molecule has 2 amide bonds. The van der Waals surface area contributed by atoms with Crippen molar-refractivity contribution in [3.05, 3.63) is 52.9 Å². The van der Waals surface area contributed by atoms with Crippen molar-refractivity contribution in [2.45, 2.75) is 33.8 Å². The number of nitrogens with zero attached hydrogens (tertiary/aromatic N) is 2. The fourth-order valence-corrected chi connectivity index (χ4v) is 4.31. The van der Waals surface area contributed by atoms with Gasteiger partial charge in [0.25, 0.3) is 11.1 Å². The number of thioether (sulfide) groups is 1. The van der Waals surface area contributed by atoms with Crippen LogP contribution in [0.5, 0.6) is 11.5 Å². The minimum atomic E-state index is -1.09. The lowest BCUT2D eigenvalue weighted by molar-refractivity contribution is -0.144. The van der Waals surface area contributed by atoms with Crippen molar-refractivity contribution < 1.29 is 29.0 Å². The average Bonchev–Trinajstić information content (AvgIpc) is 3.09. The Bertz CT molecular complexity index is 1100. The number of hydrogen-bond donors (Lipinski definition) is 1. The van der Waals surface area contributed by atoms with Crippen molar-refractivity contribution in [3.63, 3.8) is 0 Å². The first kappa shape index (κ1) is 25.2. The Kier molecular flexibility index (Phi) is 8.22. The van der Waals surface area contributed by atoms with E-state index < -0.39 is 18.0 Å². The van der Waals surface area contributed by atoms with Crippen molar-refractivity contribution in [2.75, 3.05) is 29.5 Å². The van der Waals surface area contributed by atoms with E-state index in [-0.39, 0.29) is 15.9 Å². The molecule has 0 bridgehead atoms. The lowest BCUT2D eigenvalue weighted by atomic mass is 10.1. The third kappa shape index (κ3) is 5.53. The number of carbonyl (C=O) groups excluding carboxylic acids is 2. The van der Waals surface area contributed by atoms with E-state index >= 15 is 0 Å². The topological polar surface area (TPSA) is 96.4 Å². The summed E-state index contributed by atoms with van der Waals surface area (Å²) in [6, 6.07) is 12.3. The van der Waals surface area contributed by atoms with Gasteiger partial charge in [-0.05, 0) is 87.5 Å². The number of ether oxygens (including phenoxy) is 2. The fraction of sp³-hybridized carbons (Fsp3) is 0.320. The highest BCUT2D eigenvalue weighted by molar-refractivity contribution is 8.19. The summed E-state index contributed by atoms with van der Waals surface area (Å²) in [7, 11) is 0. The first-order chi connectivity index (χ1) is 16.3. The number of amides is 2. The molecule has 8 nitrogen and oxygen atoms in total. The van der Waals surface area contributed by atoms with Gasteiger partial charge in [-0.1, -0.05) is 6.07 Å². The molecule has 1 fully saturated rings. The molecule has 9 heteroatoms. The van der Waals surface area contributed by atoms with Crippen LogP contribution in [0, 0.1) is 0 Å². The minimum absolute atomic E-state index is 0.285. The van der Waals surface area contributed by atoms with Gasteiger partial charge in [-0.15, -0.1) is 0 Å². The maximum Gasteiger partial charge on any atom is 0.344 e. The van der Waals surface area contributed by atoms with E-state index in [4.69, 9.17) is 14.6 Å². The van der Waals surface area contributed by atoms with Crippen LogP contribution in [0.4, 0.5) is 16.2 Å². The molecule has 3 rings (SSSR count). The maximum atomic E-state index is 13.0. The number of carbonyl (C=O) groups is 3. The zero-order valence-electron chi connectivity index (χ0n) is 19.6. The van der Waals surface area contributed by atoms with Gasteiger partial charge in [0, 0.05) is 18.8 Å². The zero-order chi connectivity index (χ0) is 24.8. The van der Waals surface area contributed by atoms with Crippen LogP contribution in [-0.4, -0.2) is 48.0 Å². The Morgan fingerprint density at radius 2 is 1.76 bits per heavy atom. The van der Waals surface area contributed by atoms with Crippen LogP contribution in [0.3, 0.4) is 0 Å². The summed E-state index contributed by atoms with van der Waals surface area (Å²) in [6.45, 7) is 9.44. The number of aliphatic carboxylic acids is 1. The standard InChI is InChI=1S/C25H28N2O6S/c1-5-26(6-2)18-9-11-19(12-10-18)27-23(28)22(34-25(27)31)15-17-8-13-20(21(14-17)32-7-3)33-16(4)24(29)30/h8-16H,5-7H2,1-4H3,(H,29,30)/b22-15+. The van der Waals surface area contributed by atoms with Gasteiger partial charge >= 0.3 is 5.97 Å². The molecule has 180 valence electrons. The predicted molar refractivity (Wildman–Crippen MR) is 134 cm³/mol. The van der Waals surface area contributed by atoms with Gasteiger partial charge in [-0.25, -0.2) is 9.69 Å². The van der Waals surface area contributed by atoms with E-state index in [9.17, 15) is 14.4 Å². The molecule has 1 atom stereocenters. The summed E-state index contributed by atoms with van der Waals surface area (Å²) in [5.41, 5.74) is 2.17. The van der Waals surface area contributed by atoms with Gasteiger partial charge in [0.15, 0.2) is 17.6 Å². The van der Waals surface area contributed by atoms with Crippen molar-refractivity contribution in [2.24, 2.45) is 0 Å². The number of carboxylic acid groups (broad SMARTS) is 1. The lowest BCUT2D eigenvalue weighted by Gasteiger charge is -2.22. The Hall–Kier alpha value is -3.46. The SMILES string of the molecule is CCOc1cc(/C=C2/SC(=O)N(c3ccc(N(CC)CC)cc3)C2=O)ccc1OC(C)C(=O)O. The predicted octanol–water partition coefficient (Wildman–Crippen LogP) is 5.02. The molecule has 2 aromatic carbocycles. The molecule has 1 unspecified atom stereocenters. The van der Waals surface area contributed by atoms with Crippen molar-refractivity contribution >= 4 is 46.3 Å². The highest BCUT2D eigenvalue weighted by Gasteiger charge is 2.36. The van der Waals surface area contributed by atoms with E-state index in [2.05, 4.69) is 18.7 Å². The van der Waals surface area contributed by atoms with Crippen LogP contribution < -0.4 is 19.3 Å². The molecule has 0 saturated carbocycles. The monoisotopic (exact) mass is 484 g/mol. The highest BCUT2D eigenvalue weighted by Crippen LogP contribution is 2.37. The molecular formula is C25H28N2O6S. The second-order valence-electron chi connectivity index (χ2n) is 7.44. The molecule has 1 aliphatic heterocycles. The van der Waals surface area contributed by atoms with Crippen molar-refractivity contribution in [1.29, 1.82) is 0 Å². The third-order valence-corrected chi connectivity index (χ3v) is 6.12. The number of carboxylic acids is 1. The Morgan fingerprint density at radius 1 is 1.09 bits per heavy atom. The average molecular weight is 485 g/mol. The van der Waals surface area contributed by atoms with E-state index in [0.29, 0.717) is 23.6 Å². The molecule has 34 heavy (non-hydrogen) atoms.